The maximum Gasteiger partial charge on any atom is 0.211 e. The Bertz CT molecular complexity index is 771. The van der Waals surface area contributed by atoms with E-state index in [0.717, 1.165) is 32.1 Å². The van der Waals surface area contributed by atoms with E-state index < -0.39 is 15.8 Å². The van der Waals surface area contributed by atoms with Crippen LogP contribution in [-0.4, -0.2) is 44.2 Å². The van der Waals surface area contributed by atoms with Crippen LogP contribution in [-0.2, 0) is 10.0 Å². The normalized spacial score (nSPS) is 22.3. The van der Waals surface area contributed by atoms with Crippen molar-refractivity contribution in [3.63, 3.8) is 0 Å². The molecule has 0 unspecified atom stereocenters. The molecule has 1 aliphatic heterocycles. The average molecular weight is 365 g/mol. The molecule has 1 atom stereocenters. The van der Waals surface area contributed by atoms with Crippen LogP contribution in [0.25, 0.3) is 0 Å². The molecule has 0 bridgehead atoms. The standard InChI is InChI=1S/C18H24FN3O2S/c1-25(23,24)22(14-5-2-6-14)15-7-4-11-21(12-10-15)18-9-3-8-17(19)16(18)13-20/h3,8-9,14-15H,2,4-7,10-12H2,1H3/t15-/m0/s1. The lowest BCUT2D eigenvalue weighted by molar-refractivity contribution is 0.164. The van der Waals surface area contributed by atoms with Crippen LogP contribution in [0.4, 0.5) is 10.1 Å². The smallest absolute Gasteiger partial charge is 0.211 e. The fourth-order valence-corrected chi connectivity index (χ4v) is 5.45. The van der Waals surface area contributed by atoms with Gasteiger partial charge in [0.1, 0.15) is 17.4 Å². The number of nitrogens with zero attached hydrogens (tertiary/aromatic N) is 3. The maximum atomic E-state index is 13.9. The van der Waals surface area contributed by atoms with Crippen LogP contribution in [0.3, 0.4) is 0 Å². The quantitative estimate of drug-likeness (QED) is 0.823. The summed E-state index contributed by atoms with van der Waals surface area (Å²) in [5.41, 5.74) is 0.678. The Hall–Kier alpha value is -1.65. The summed E-state index contributed by atoms with van der Waals surface area (Å²) in [6, 6.07) is 6.76. The van der Waals surface area contributed by atoms with E-state index >= 15 is 0 Å². The molecule has 136 valence electrons. The lowest BCUT2D eigenvalue weighted by Crippen LogP contribution is -2.49. The van der Waals surface area contributed by atoms with Gasteiger partial charge in [-0.2, -0.15) is 9.57 Å². The van der Waals surface area contributed by atoms with Gasteiger partial charge in [0.15, 0.2) is 0 Å². The molecule has 0 radical (unpaired) electrons. The first-order valence-corrected chi connectivity index (χ1v) is 10.7. The summed E-state index contributed by atoms with van der Waals surface area (Å²) in [5.74, 6) is -0.506. The van der Waals surface area contributed by atoms with Crippen LogP contribution in [0.15, 0.2) is 18.2 Å². The lowest BCUT2D eigenvalue weighted by Gasteiger charge is -2.40. The van der Waals surface area contributed by atoms with Crippen molar-refractivity contribution in [2.24, 2.45) is 0 Å². The Morgan fingerprint density at radius 1 is 1.16 bits per heavy atom. The van der Waals surface area contributed by atoms with Crippen molar-refractivity contribution in [2.45, 2.75) is 50.6 Å². The molecule has 1 aliphatic carbocycles. The number of hydrogen-bond acceptors (Lipinski definition) is 4. The summed E-state index contributed by atoms with van der Waals surface area (Å²) < 4.78 is 40.2. The SMILES string of the molecule is CS(=O)(=O)N(C1CCC1)[C@H]1CCCN(c2cccc(F)c2C#N)CC1. The molecule has 2 fully saturated rings. The molecule has 2 aliphatic rings. The van der Waals surface area contributed by atoms with Crippen LogP contribution in [0.2, 0.25) is 0 Å². The Labute approximate surface area is 149 Å². The third-order valence-electron chi connectivity index (χ3n) is 5.32. The molecule has 3 rings (SSSR count). The molecular formula is C18H24FN3O2S. The molecule has 25 heavy (non-hydrogen) atoms. The fraction of sp³-hybridized carbons (Fsp3) is 0.611. The van der Waals surface area contributed by atoms with Crippen molar-refractivity contribution >= 4 is 15.7 Å². The van der Waals surface area contributed by atoms with Gasteiger partial charge in [0.25, 0.3) is 0 Å². The Balaban J connectivity index is 1.79. The summed E-state index contributed by atoms with van der Waals surface area (Å²) >= 11 is 0. The Morgan fingerprint density at radius 3 is 2.44 bits per heavy atom. The number of hydrogen-bond donors (Lipinski definition) is 0. The van der Waals surface area contributed by atoms with Gasteiger partial charge >= 0.3 is 0 Å². The largest absolute Gasteiger partial charge is 0.370 e. The van der Waals surface area contributed by atoms with Crippen molar-refractivity contribution in [3.05, 3.63) is 29.6 Å². The first kappa shape index (κ1) is 18.2. The van der Waals surface area contributed by atoms with Gasteiger partial charge in [0.2, 0.25) is 10.0 Å². The zero-order valence-electron chi connectivity index (χ0n) is 14.5. The molecule has 0 spiro atoms. The van der Waals surface area contributed by atoms with Crippen molar-refractivity contribution < 1.29 is 12.8 Å². The highest BCUT2D eigenvalue weighted by Gasteiger charge is 2.37. The molecule has 0 N–H and O–H groups in total. The van der Waals surface area contributed by atoms with E-state index in [1.807, 2.05) is 11.0 Å². The van der Waals surface area contributed by atoms with Gasteiger partial charge in [-0.3, -0.25) is 0 Å². The molecule has 1 saturated carbocycles. The van der Waals surface area contributed by atoms with E-state index in [9.17, 15) is 18.1 Å². The van der Waals surface area contributed by atoms with Gasteiger partial charge in [-0.1, -0.05) is 12.5 Å². The highest BCUT2D eigenvalue weighted by molar-refractivity contribution is 7.88. The molecule has 1 saturated heterocycles. The third-order valence-corrected chi connectivity index (χ3v) is 6.68. The Morgan fingerprint density at radius 2 is 1.84 bits per heavy atom. The van der Waals surface area contributed by atoms with Crippen molar-refractivity contribution in [2.75, 3.05) is 24.2 Å². The van der Waals surface area contributed by atoms with E-state index in [-0.39, 0.29) is 17.6 Å². The Kier molecular flexibility index (Phi) is 5.30. The first-order chi connectivity index (χ1) is 11.9. The van der Waals surface area contributed by atoms with Gasteiger partial charge in [-0.05, 0) is 44.2 Å². The number of anilines is 1. The van der Waals surface area contributed by atoms with Crippen molar-refractivity contribution in [1.29, 1.82) is 5.26 Å². The van der Waals surface area contributed by atoms with E-state index in [1.54, 1.807) is 16.4 Å². The van der Waals surface area contributed by atoms with E-state index in [2.05, 4.69) is 0 Å². The highest BCUT2D eigenvalue weighted by Crippen LogP contribution is 2.33. The van der Waals surface area contributed by atoms with E-state index in [0.29, 0.717) is 25.2 Å². The predicted molar refractivity (Wildman–Crippen MR) is 95.3 cm³/mol. The zero-order chi connectivity index (χ0) is 18.0. The second-order valence-electron chi connectivity index (χ2n) is 7.00. The highest BCUT2D eigenvalue weighted by atomic mass is 32.2. The molecule has 0 amide bonds. The van der Waals surface area contributed by atoms with Crippen molar-refractivity contribution in [3.8, 4) is 6.07 Å². The second-order valence-corrected chi connectivity index (χ2v) is 8.88. The molecule has 1 aromatic rings. The fourth-order valence-electron chi connectivity index (χ4n) is 3.94. The number of sulfonamides is 1. The summed E-state index contributed by atoms with van der Waals surface area (Å²) in [7, 11) is -3.24. The molecule has 7 heteroatoms. The summed E-state index contributed by atoms with van der Waals surface area (Å²) in [6.45, 7) is 1.33. The molecule has 5 nitrogen and oxygen atoms in total. The van der Waals surface area contributed by atoms with Gasteiger partial charge < -0.3 is 4.90 Å². The van der Waals surface area contributed by atoms with Gasteiger partial charge in [0.05, 0.1) is 11.9 Å². The molecule has 1 heterocycles. The van der Waals surface area contributed by atoms with Crippen LogP contribution in [0.1, 0.15) is 44.1 Å². The second kappa shape index (κ2) is 7.30. The first-order valence-electron chi connectivity index (χ1n) is 8.84. The van der Waals surface area contributed by atoms with Crippen LogP contribution in [0, 0.1) is 17.1 Å². The third kappa shape index (κ3) is 3.80. The van der Waals surface area contributed by atoms with Crippen molar-refractivity contribution in [1.82, 2.24) is 4.31 Å². The summed E-state index contributed by atoms with van der Waals surface area (Å²) in [6.07, 6.45) is 6.59. The molecule has 0 aromatic heterocycles. The van der Waals surface area contributed by atoms with E-state index in [1.165, 1.54) is 12.3 Å². The monoisotopic (exact) mass is 365 g/mol. The summed E-state index contributed by atoms with van der Waals surface area (Å²) in [5, 5.41) is 9.26. The number of rotatable bonds is 4. The van der Waals surface area contributed by atoms with Gasteiger partial charge in [0, 0.05) is 25.2 Å². The number of halogens is 1. The molecule has 1 aromatic carbocycles. The molecular weight excluding hydrogens is 341 g/mol. The van der Waals surface area contributed by atoms with Gasteiger partial charge in [-0.25, -0.2) is 12.8 Å². The van der Waals surface area contributed by atoms with Crippen LogP contribution >= 0.6 is 0 Å². The maximum absolute atomic E-state index is 13.9. The topological polar surface area (TPSA) is 64.4 Å². The number of benzene rings is 1. The number of nitriles is 1. The lowest BCUT2D eigenvalue weighted by atomic mass is 9.91. The van der Waals surface area contributed by atoms with E-state index in [4.69, 9.17) is 0 Å². The average Bonchev–Trinajstić information content (AvgIpc) is 2.75. The minimum absolute atomic E-state index is 0.00982. The minimum Gasteiger partial charge on any atom is -0.370 e. The zero-order valence-corrected chi connectivity index (χ0v) is 15.3. The van der Waals surface area contributed by atoms with Gasteiger partial charge in [-0.15, -0.1) is 0 Å². The summed E-state index contributed by atoms with van der Waals surface area (Å²) in [4.78, 5) is 2.02. The minimum atomic E-state index is -3.24. The van der Waals surface area contributed by atoms with Crippen LogP contribution < -0.4 is 4.90 Å². The predicted octanol–water partition coefficient (Wildman–Crippen LogP) is 2.87. The van der Waals surface area contributed by atoms with Crippen LogP contribution in [0.5, 0.6) is 0 Å².